The second-order valence-corrected chi connectivity index (χ2v) is 7.25. The Balaban J connectivity index is 1.70. The molecule has 1 fully saturated rings. The van der Waals surface area contributed by atoms with E-state index in [9.17, 15) is 0 Å². The van der Waals surface area contributed by atoms with Crippen molar-refractivity contribution >= 4 is 17.3 Å². The predicted octanol–water partition coefficient (Wildman–Crippen LogP) is 4.64. The summed E-state index contributed by atoms with van der Waals surface area (Å²) in [6.07, 6.45) is 8.45. The molecule has 4 nitrogen and oxygen atoms in total. The largest absolute Gasteiger partial charge is 0.352 e. The van der Waals surface area contributed by atoms with E-state index in [2.05, 4.69) is 75.5 Å². The summed E-state index contributed by atoms with van der Waals surface area (Å²) in [5.74, 6) is 0. The molecule has 3 heterocycles. The average molecular weight is 377 g/mol. The van der Waals surface area contributed by atoms with Crippen molar-refractivity contribution in [2.45, 2.75) is 31.8 Å². The lowest BCUT2D eigenvalue weighted by atomic mass is 9.99. The first-order valence-corrected chi connectivity index (χ1v) is 9.90. The van der Waals surface area contributed by atoms with Crippen molar-refractivity contribution in [2.24, 2.45) is 0 Å². The van der Waals surface area contributed by atoms with Gasteiger partial charge in [0.2, 0.25) is 0 Å². The Morgan fingerprint density at radius 1 is 1.07 bits per heavy atom. The second-order valence-electron chi connectivity index (χ2n) is 6.86. The Hall–Kier alpha value is -2.66. The lowest BCUT2D eigenvalue weighted by Gasteiger charge is -2.27. The topological polar surface area (TPSA) is 33.1 Å². The van der Waals surface area contributed by atoms with E-state index in [1.54, 1.807) is 0 Å². The van der Waals surface area contributed by atoms with E-state index in [1.807, 2.05) is 24.4 Å². The van der Waals surface area contributed by atoms with Gasteiger partial charge in [-0.3, -0.25) is 4.98 Å². The molecule has 138 valence electrons. The molecule has 0 amide bonds. The van der Waals surface area contributed by atoms with Gasteiger partial charge in [-0.05, 0) is 54.5 Å². The minimum atomic E-state index is 0.0576. The normalized spacial score (nSPS) is 19.3. The molecule has 5 heteroatoms. The SMILES string of the molecule is CCCCN1C(=S)N[C@@H](c2ccccn2)[C@H]1c1ccn(-c2ccccc2)c1. The molecule has 27 heavy (non-hydrogen) atoms. The summed E-state index contributed by atoms with van der Waals surface area (Å²) in [7, 11) is 0. The first-order chi connectivity index (χ1) is 13.3. The maximum atomic E-state index is 5.69. The van der Waals surface area contributed by atoms with Crippen LogP contribution < -0.4 is 5.32 Å². The van der Waals surface area contributed by atoms with Crippen molar-refractivity contribution in [3.05, 3.63) is 84.4 Å². The van der Waals surface area contributed by atoms with Crippen LogP contribution in [0.15, 0.2) is 73.2 Å². The summed E-state index contributed by atoms with van der Waals surface area (Å²) in [4.78, 5) is 6.92. The van der Waals surface area contributed by atoms with E-state index in [1.165, 1.54) is 5.56 Å². The van der Waals surface area contributed by atoms with Crippen molar-refractivity contribution in [3.63, 3.8) is 0 Å². The van der Waals surface area contributed by atoms with Crippen LogP contribution in [0.2, 0.25) is 0 Å². The third kappa shape index (κ3) is 3.60. The number of rotatable bonds is 6. The number of unbranched alkanes of at least 4 members (excludes halogenated alkanes) is 1. The zero-order chi connectivity index (χ0) is 18.6. The molecule has 0 bridgehead atoms. The van der Waals surface area contributed by atoms with Crippen LogP contribution in [0.1, 0.15) is 43.1 Å². The molecule has 0 saturated carbocycles. The lowest BCUT2D eigenvalue weighted by molar-refractivity contribution is 0.313. The molecule has 1 N–H and O–H groups in total. The Kier molecular flexibility index (Phi) is 5.21. The zero-order valence-corrected chi connectivity index (χ0v) is 16.3. The van der Waals surface area contributed by atoms with Crippen LogP contribution in [0.3, 0.4) is 0 Å². The second kappa shape index (κ2) is 7.92. The summed E-state index contributed by atoms with van der Waals surface area (Å²) in [5, 5.41) is 4.33. The van der Waals surface area contributed by atoms with Gasteiger partial charge in [-0.2, -0.15) is 0 Å². The number of pyridine rings is 1. The number of nitrogens with one attached hydrogen (secondary N) is 1. The van der Waals surface area contributed by atoms with Gasteiger partial charge >= 0.3 is 0 Å². The number of benzene rings is 1. The van der Waals surface area contributed by atoms with Gasteiger partial charge in [0.15, 0.2) is 5.11 Å². The van der Waals surface area contributed by atoms with Gasteiger partial charge in [-0.1, -0.05) is 37.6 Å². The molecule has 1 saturated heterocycles. The van der Waals surface area contributed by atoms with E-state index in [4.69, 9.17) is 12.2 Å². The van der Waals surface area contributed by atoms with Crippen molar-refractivity contribution in [2.75, 3.05) is 6.54 Å². The monoisotopic (exact) mass is 376 g/mol. The highest BCUT2D eigenvalue weighted by molar-refractivity contribution is 7.80. The molecule has 1 aliphatic rings. The van der Waals surface area contributed by atoms with Crippen molar-refractivity contribution in [1.82, 2.24) is 19.8 Å². The van der Waals surface area contributed by atoms with Gasteiger partial charge < -0.3 is 14.8 Å². The summed E-state index contributed by atoms with van der Waals surface area (Å²) in [6.45, 7) is 3.16. The third-order valence-electron chi connectivity index (χ3n) is 5.06. The lowest BCUT2D eigenvalue weighted by Crippen LogP contribution is -2.30. The van der Waals surface area contributed by atoms with Gasteiger partial charge in [-0.15, -0.1) is 0 Å². The number of hydrogen-bond donors (Lipinski definition) is 1. The van der Waals surface area contributed by atoms with Gasteiger partial charge in [0.25, 0.3) is 0 Å². The molecular weight excluding hydrogens is 352 g/mol. The molecule has 1 aliphatic heterocycles. The van der Waals surface area contributed by atoms with E-state index < -0.39 is 0 Å². The van der Waals surface area contributed by atoms with E-state index in [0.29, 0.717) is 0 Å². The first-order valence-electron chi connectivity index (χ1n) is 9.49. The summed E-state index contributed by atoms with van der Waals surface area (Å²) in [6, 6.07) is 18.9. The molecule has 2 atom stereocenters. The highest BCUT2D eigenvalue weighted by atomic mass is 32.1. The highest BCUT2D eigenvalue weighted by Crippen LogP contribution is 2.39. The number of hydrogen-bond acceptors (Lipinski definition) is 2. The molecule has 2 aromatic heterocycles. The standard InChI is InChI=1S/C22H24N4S/c1-2-3-14-26-21(20(24-22(26)27)19-11-7-8-13-23-19)17-12-15-25(16-17)18-9-5-4-6-10-18/h4-13,15-16,20-21H,2-3,14H2,1H3,(H,24,27)/t20-,21+/m0/s1. The number of thiocarbonyl (C=S) groups is 1. The zero-order valence-electron chi connectivity index (χ0n) is 15.5. The molecule has 0 aliphatic carbocycles. The molecule has 1 aromatic carbocycles. The van der Waals surface area contributed by atoms with Crippen LogP contribution in [0.5, 0.6) is 0 Å². The number of para-hydroxylation sites is 1. The first kappa shape index (κ1) is 17.7. The van der Waals surface area contributed by atoms with Gasteiger partial charge in [0.1, 0.15) is 0 Å². The minimum absolute atomic E-state index is 0.0576. The molecule has 0 radical (unpaired) electrons. The molecular formula is C22H24N4S. The quantitative estimate of drug-likeness (QED) is 0.635. The third-order valence-corrected chi connectivity index (χ3v) is 5.41. The minimum Gasteiger partial charge on any atom is -0.352 e. The Bertz CT molecular complexity index is 891. The highest BCUT2D eigenvalue weighted by Gasteiger charge is 2.39. The molecule has 4 rings (SSSR count). The Morgan fingerprint density at radius 3 is 2.63 bits per heavy atom. The summed E-state index contributed by atoms with van der Waals surface area (Å²) >= 11 is 5.69. The maximum absolute atomic E-state index is 5.69. The fourth-order valence-electron chi connectivity index (χ4n) is 3.69. The van der Waals surface area contributed by atoms with Crippen LogP contribution >= 0.6 is 12.2 Å². The smallest absolute Gasteiger partial charge is 0.170 e. The number of aromatic nitrogens is 2. The fraction of sp³-hybridized carbons (Fsp3) is 0.273. The summed E-state index contributed by atoms with van der Waals surface area (Å²) < 4.78 is 2.17. The Morgan fingerprint density at radius 2 is 1.89 bits per heavy atom. The van der Waals surface area contributed by atoms with Gasteiger partial charge in [-0.25, -0.2) is 0 Å². The molecule has 0 spiro atoms. The van der Waals surface area contributed by atoms with Crippen LogP contribution in [0.25, 0.3) is 5.69 Å². The Labute approximate surface area is 165 Å². The number of nitrogens with zero attached hydrogens (tertiary/aromatic N) is 3. The van der Waals surface area contributed by atoms with E-state index in [-0.39, 0.29) is 12.1 Å². The van der Waals surface area contributed by atoms with Crippen molar-refractivity contribution in [1.29, 1.82) is 0 Å². The fourth-order valence-corrected chi connectivity index (χ4v) is 4.02. The molecule has 3 aromatic rings. The van der Waals surface area contributed by atoms with Crippen molar-refractivity contribution < 1.29 is 0 Å². The predicted molar refractivity (Wildman–Crippen MR) is 113 cm³/mol. The average Bonchev–Trinajstić information content (AvgIpc) is 3.32. The van der Waals surface area contributed by atoms with Crippen LogP contribution in [-0.4, -0.2) is 26.1 Å². The van der Waals surface area contributed by atoms with E-state index in [0.717, 1.165) is 35.9 Å². The summed E-state index contributed by atoms with van der Waals surface area (Å²) in [5.41, 5.74) is 3.43. The van der Waals surface area contributed by atoms with Crippen LogP contribution in [-0.2, 0) is 0 Å². The van der Waals surface area contributed by atoms with E-state index >= 15 is 0 Å². The van der Waals surface area contributed by atoms with Gasteiger partial charge in [0.05, 0.1) is 17.8 Å². The van der Waals surface area contributed by atoms with Crippen molar-refractivity contribution in [3.8, 4) is 5.69 Å². The van der Waals surface area contributed by atoms with Crippen LogP contribution in [0.4, 0.5) is 0 Å². The molecule has 0 unspecified atom stereocenters. The maximum Gasteiger partial charge on any atom is 0.170 e. The van der Waals surface area contributed by atoms with Crippen LogP contribution in [0, 0.1) is 0 Å². The van der Waals surface area contributed by atoms with Gasteiger partial charge in [0, 0.05) is 30.8 Å².